The molecule has 2 aromatic rings. The molecule has 0 aliphatic rings. The summed E-state index contributed by atoms with van der Waals surface area (Å²) in [5, 5.41) is 0. The number of rotatable bonds is 5. The number of nitrogens with zero attached hydrogens (tertiary/aromatic N) is 1. The summed E-state index contributed by atoms with van der Waals surface area (Å²) in [6, 6.07) is 13.6. The van der Waals surface area contributed by atoms with Gasteiger partial charge in [0.2, 0.25) is 5.78 Å². The fraction of sp³-hybridized carbons (Fsp3) is 0.267. The fourth-order valence-electron chi connectivity index (χ4n) is 1.85. The van der Waals surface area contributed by atoms with Crippen LogP contribution in [0.3, 0.4) is 0 Å². The number of ketones is 1. The molecule has 0 bridgehead atoms. The molecule has 1 unspecified atom stereocenters. The van der Waals surface area contributed by atoms with Crippen molar-refractivity contribution >= 4 is 5.78 Å². The van der Waals surface area contributed by atoms with E-state index in [9.17, 15) is 4.79 Å². The predicted molar refractivity (Wildman–Crippen MR) is 70.6 cm³/mol. The molecule has 3 nitrogen and oxygen atoms in total. The molecule has 0 aliphatic heterocycles. The summed E-state index contributed by atoms with van der Waals surface area (Å²) >= 11 is 0. The fourth-order valence-corrected chi connectivity index (χ4v) is 1.85. The SMILES string of the molecule is CC(OCC(=O)c1cccn1C)c1ccccc1. The van der Waals surface area contributed by atoms with E-state index in [1.165, 1.54) is 0 Å². The van der Waals surface area contributed by atoms with Gasteiger partial charge < -0.3 is 9.30 Å². The quantitative estimate of drug-likeness (QED) is 0.756. The molecule has 1 atom stereocenters. The molecule has 0 saturated carbocycles. The lowest BCUT2D eigenvalue weighted by Crippen LogP contribution is -2.14. The van der Waals surface area contributed by atoms with E-state index in [1.807, 2.05) is 56.6 Å². The number of aromatic nitrogens is 1. The third kappa shape index (κ3) is 2.87. The Morgan fingerprint density at radius 3 is 2.56 bits per heavy atom. The van der Waals surface area contributed by atoms with Gasteiger partial charge in [-0.15, -0.1) is 0 Å². The second-order valence-corrected chi connectivity index (χ2v) is 4.29. The minimum absolute atomic E-state index is 0.00489. The maximum Gasteiger partial charge on any atom is 0.204 e. The zero-order valence-corrected chi connectivity index (χ0v) is 10.7. The number of carbonyl (C=O) groups is 1. The average molecular weight is 243 g/mol. The lowest BCUT2D eigenvalue weighted by atomic mass is 10.1. The van der Waals surface area contributed by atoms with Crippen molar-refractivity contribution in [3.63, 3.8) is 0 Å². The van der Waals surface area contributed by atoms with Gasteiger partial charge in [-0.2, -0.15) is 0 Å². The van der Waals surface area contributed by atoms with Crippen LogP contribution in [0.1, 0.15) is 29.1 Å². The molecule has 0 fully saturated rings. The molecule has 1 aromatic carbocycles. The molecule has 0 aliphatic carbocycles. The van der Waals surface area contributed by atoms with Crippen molar-refractivity contribution in [1.82, 2.24) is 4.57 Å². The highest BCUT2D eigenvalue weighted by molar-refractivity contribution is 5.95. The number of benzene rings is 1. The van der Waals surface area contributed by atoms with Crippen LogP contribution in [0, 0.1) is 0 Å². The average Bonchev–Trinajstić information content (AvgIpc) is 2.83. The molecule has 2 rings (SSSR count). The number of hydrogen-bond donors (Lipinski definition) is 0. The van der Waals surface area contributed by atoms with Crippen molar-refractivity contribution in [3.05, 3.63) is 59.9 Å². The van der Waals surface area contributed by atoms with Gasteiger partial charge in [0.1, 0.15) is 6.61 Å². The molecule has 0 radical (unpaired) electrons. The van der Waals surface area contributed by atoms with Gasteiger partial charge in [0, 0.05) is 13.2 Å². The Labute approximate surface area is 107 Å². The van der Waals surface area contributed by atoms with E-state index in [4.69, 9.17) is 4.74 Å². The lowest BCUT2D eigenvalue weighted by molar-refractivity contribution is 0.0514. The number of ether oxygens (including phenoxy) is 1. The molecule has 18 heavy (non-hydrogen) atoms. The highest BCUT2D eigenvalue weighted by Crippen LogP contribution is 2.16. The first-order valence-corrected chi connectivity index (χ1v) is 5.99. The van der Waals surface area contributed by atoms with Crippen molar-refractivity contribution < 1.29 is 9.53 Å². The Kier molecular flexibility index (Phi) is 3.95. The molecular weight excluding hydrogens is 226 g/mol. The normalized spacial score (nSPS) is 12.3. The monoisotopic (exact) mass is 243 g/mol. The smallest absolute Gasteiger partial charge is 0.204 e. The van der Waals surface area contributed by atoms with Crippen LogP contribution in [-0.2, 0) is 11.8 Å². The van der Waals surface area contributed by atoms with Gasteiger partial charge in [-0.1, -0.05) is 30.3 Å². The third-order valence-electron chi connectivity index (χ3n) is 2.96. The second-order valence-electron chi connectivity index (χ2n) is 4.29. The minimum Gasteiger partial charge on any atom is -0.366 e. The first-order chi connectivity index (χ1) is 8.68. The molecule has 0 amide bonds. The molecule has 1 aromatic heterocycles. The first kappa shape index (κ1) is 12.6. The van der Waals surface area contributed by atoms with Crippen molar-refractivity contribution in [2.24, 2.45) is 7.05 Å². The Morgan fingerprint density at radius 2 is 1.94 bits per heavy atom. The summed E-state index contributed by atoms with van der Waals surface area (Å²) in [4.78, 5) is 11.9. The first-order valence-electron chi connectivity index (χ1n) is 5.99. The van der Waals surface area contributed by atoms with Crippen LogP contribution in [0.5, 0.6) is 0 Å². The van der Waals surface area contributed by atoms with Crippen LogP contribution in [0.4, 0.5) is 0 Å². The highest BCUT2D eigenvalue weighted by atomic mass is 16.5. The summed E-state index contributed by atoms with van der Waals surface area (Å²) in [7, 11) is 1.86. The van der Waals surface area contributed by atoms with E-state index in [2.05, 4.69) is 0 Å². The molecule has 1 heterocycles. The van der Waals surface area contributed by atoms with Gasteiger partial charge in [-0.05, 0) is 24.6 Å². The van der Waals surface area contributed by atoms with Gasteiger partial charge in [0.15, 0.2) is 0 Å². The van der Waals surface area contributed by atoms with Crippen molar-refractivity contribution in [2.45, 2.75) is 13.0 Å². The van der Waals surface area contributed by atoms with E-state index in [0.717, 1.165) is 5.56 Å². The Bertz CT molecular complexity index is 516. The number of aryl methyl sites for hydroxylation is 1. The van der Waals surface area contributed by atoms with E-state index < -0.39 is 0 Å². The van der Waals surface area contributed by atoms with Crippen molar-refractivity contribution in [1.29, 1.82) is 0 Å². The molecule has 94 valence electrons. The maximum absolute atomic E-state index is 11.9. The standard InChI is InChI=1S/C15H17NO2/c1-12(13-7-4-3-5-8-13)18-11-15(17)14-9-6-10-16(14)2/h3-10,12H,11H2,1-2H3. The van der Waals surface area contributed by atoms with E-state index in [1.54, 1.807) is 10.6 Å². The minimum atomic E-state index is -0.0737. The third-order valence-corrected chi connectivity index (χ3v) is 2.96. The van der Waals surface area contributed by atoms with Crippen LogP contribution >= 0.6 is 0 Å². The zero-order chi connectivity index (χ0) is 13.0. The molecule has 3 heteroatoms. The Morgan fingerprint density at radius 1 is 1.22 bits per heavy atom. The van der Waals surface area contributed by atoms with Crippen LogP contribution in [-0.4, -0.2) is 17.0 Å². The van der Waals surface area contributed by atoms with Crippen LogP contribution < -0.4 is 0 Å². The summed E-state index contributed by atoms with van der Waals surface area (Å²) in [5.74, 6) is 0.00489. The summed E-state index contributed by atoms with van der Waals surface area (Å²) in [6.45, 7) is 2.06. The second kappa shape index (κ2) is 5.65. The molecule has 0 spiro atoms. The van der Waals surface area contributed by atoms with Gasteiger partial charge in [-0.3, -0.25) is 4.79 Å². The van der Waals surface area contributed by atoms with Crippen molar-refractivity contribution in [2.75, 3.05) is 6.61 Å². The molecule has 0 N–H and O–H groups in total. The number of carbonyl (C=O) groups excluding carboxylic acids is 1. The van der Waals surface area contributed by atoms with Crippen molar-refractivity contribution in [3.8, 4) is 0 Å². The van der Waals surface area contributed by atoms with E-state index >= 15 is 0 Å². The van der Waals surface area contributed by atoms with Gasteiger partial charge in [0.05, 0.1) is 11.8 Å². The van der Waals surface area contributed by atoms with Crippen LogP contribution in [0.15, 0.2) is 48.7 Å². The summed E-state index contributed by atoms with van der Waals surface area (Å²) < 4.78 is 7.41. The number of hydrogen-bond acceptors (Lipinski definition) is 2. The molecular formula is C15H17NO2. The lowest BCUT2D eigenvalue weighted by Gasteiger charge is -2.12. The van der Waals surface area contributed by atoms with Gasteiger partial charge in [0.25, 0.3) is 0 Å². The zero-order valence-electron chi connectivity index (χ0n) is 10.7. The highest BCUT2D eigenvalue weighted by Gasteiger charge is 2.12. The van der Waals surface area contributed by atoms with Gasteiger partial charge >= 0.3 is 0 Å². The summed E-state index contributed by atoms with van der Waals surface area (Å²) in [6.07, 6.45) is 1.78. The van der Waals surface area contributed by atoms with E-state index in [-0.39, 0.29) is 18.5 Å². The largest absolute Gasteiger partial charge is 0.366 e. The van der Waals surface area contributed by atoms with Crippen LogP contribution in [0.2, 0.25) is 0 Å². The topological polar surface area (TPSA) is 31.2 Å². The van der Waals surface area contributed by atoms with Crippen LogP contribution in [0.25, 0.3) is 0 Å². The maximum atomic E-state index is 11.9. The summed E-state index contributed by atoms with van der Waals surface area (Å²) in [5.41, 5.74) is 1.76. The number of Topliss-reactive ketones (excluding diaryl/α,β-unsaturated/α-hetero) is 1. The van der Waals surface area contributed by atoms with E-state index in [0.29, 0.717) is 5.69 Å². The van der Waals surface area contributed by atoms with Gasteiger partial charge in [-0.25, -0.2) is 0 Å². The molecule has 0 saturated heterocycles. The Balaban J connectivity index is 1.93. The predicted octanol–water partition coefficient (Wildman–Crippen LogP) is 2.99. The Hall–Kier alpha value is -1.87.